The van der Waals surface area contributed by atoms with Crippen LogP contribution in [-0.2, 0) is 0 Å². The first kappa shape index (κ1) is 13.0. The molecule has 0 atom stereocenters. The predicted molar refractivity (Wildman–Crippen MR) is 81.2 cm³/mol. The van der Waals surface area contributed by atoms with Crippen molar-refractivity contribution in [3.8, 4) is 17.4 Å². The van der Waals surface area contributed by atoms with Gasteiger partial charge in [-0.15, -0.1) is 0 Å². The van der Waals surface area contributed by atoms with Crippen molar-refractivity contribution in [2.45, 2.75) is 6.42 Å². The van der Waals surface area contributed by atoms with Gasteiger partial charge in [0.15, 0.2) is 5.69 Å². The first-order valence-corrected chi connectivity index (χ1v) is 7.54. The molecule has 0 fully saturated rings. The first-order valence-electron chi connectivity index (χ1n) is 6.39. The Labute approximate surface area is 121 Å². The molecule has 1 aliphatic heterocycles. The molecule has 4 nitrogen and oxygen atoms in total. The van der Waals surface area contributed by atoms with Crippen LogP contribution in [0.2, 0.25) is 0 Å². The molecule has 102 valence electrons. The Bertz CT molecular complexity index is 647. The lowest BCUT2D eigenvalue weighted by molar-refractivity contribution is 0.337. The normalized spacial score (nSPS) is 15.5. The highest BCUT2D eigenvalue weighted by Gasteiger charge is 2.12. The SMILES string of the molecule is Oc1oc(-c2ccccc2)nc1C=NC1=CCSCC1. The molecule has 0 bridgehead atoms. The Kier molecular flexibility index (Phi) is 3.87. The van der Waals surface area contributed by atoms with Crippen LogP contribution in [0.4, 0.5) is 0 Å². The molecule has 0 saturated carbocycles. The topological polar surface area (TPSA) is 58.6 Å². The molecule has 0 spiro atoms. The Hall–Kier alpha value is -2.01. The van der Waals surface area contributed by atoms with Crippen LogP contribution in [-0.4, -0.2) is 27.8 Å². The van der Waals surface area contributed by atoms with Gasteiger partial charge >= 0.3 is 5.95 Å². The lowest BCUT2D eigenvalue weighted by atomic mass is 10.2. The highest BCUT2D eigenvalue weighted by atomic mass is 32.2. The van der Waals surface area contributed by atoms with Crippen LogP contribution >= 0.6 is 11.8 Å². The molecule has 0 radical (unpaired) electrons. The van der Waals surface area contributed by atoms with Crippen molar-refractivity contribution < 1.29 is 9.52 Å². The van der Waals surface area contributed by atoms with Gasteiger partial charge in [0, 0.05) is 17.0 Å². The molecular weight excluding hydrogens is 272 g/mol. The Morgan fingerprint density at radius 2 is 2.15 bits per heavy atom. The lowest BCUT2D eigenvalue weighted by Crippen LogP contribution is -1.94. The second-order valence-corrected chi connectivity index (χ2v) is 5.50. The van der Waals surface area contributed by atoms with E-state index < -0.39 is 0 Å². The zero-order chi connectivity index (χ0) is 13.8. The summed E-state index contributed by atoms with van der Waals surface area (Å²) in [6.45, 7) is 0. The van der Waals surface area contributed by atoms with Gasteiger partial charge in [-0.3, -0.25) is 4.99 Å². The monoisotopic (exact) mass is 286 g/mol. The largest absolute Gasteiger partial charge is 0.479 e. The van der Waals surface area contributed by atoms with Gasteiger partial charge in [-0.2, -0.15) is 11.8 Å². The molecule has 0 amide bonds. The third kappa shape index (κ3) is 2.93. The van der Waals surface area contributed by atoms with Crippen LogP contribution in [0, 0.1) is 0 Å². The third-order valence-electron chi connectivity index (χ3n) is 2.95. The molecule has 20 heavy (non-hydrogen) atoms. The van der Waals surface area contributed by atoms with Gasteiger partial charge in [-0.25, -0.2) is 4.98 Å². The number of aromatic hydroxyl groups is 1. The van der Waals surface area contributed by atoms with Crippen molar-refractivity contribution in [1.29, 1.82) is 0 Å². The molecule has 3 rings (SSSR count). The van der Waals surface area contributed by atoms with E-state index >= 15 is 0 Å². The van der Waals surface area contributed by atoms with Crippen molar-refractivity contribution >= 4 is 18.0 Å². The Balaban J connectivity index is 1.82. The summed E-state index contributed by atoms with van der Waals surface area (Å²) >= 11 is 1.89. The third-order valence-corrected chi connectivity index (χ3v) is 3.84. The van der Waals surface area contributed by atoms with Crippen molar-refractivity contribution in [3.63, 3.8) is 0 Å². The lowest BCUT2D eigenvalue weighted by Gasteiger charge is -2.06. The van der Waals surface area contributed by atoms with E-state index in [1.165, 1.54) is 0 Å². The number of oxazole rings is 1. The number of hydrogen-bond acceptors (Lipinski definition) is 5. The van der Waals surface area contributed by atoms with Gasteiger partial charge in [-0.1, -0.05) is 24.3 Å². The molecule has 1 aromatic carbocycles. The Morgan fingerprint density at radius 3 is 2.90 bits per heavy atom. The zero-order valence-electron chi connectivity index (χ0n) is 10.8. The van der Waals surface area contributed by atoms with E-state index in [0.717, 1.165) is 29.2 Å². The molecule has 1 aromatic heterocycles. The quantitative estimate of drug-likeness (QED) is 0.877. The fourth-order valence-corrected chi connectivity index (χ4v) is 2.72. The molecule has 5 heteroatoms. The van der Waals surface area contributed by atoms with Gasteiger partial charge < -0.3 is 9.52 Å². The number of hydrogen-bond donors (Lipinski definition) is 1. The molecule has 1 N–H and O–H groups in total. The van der Waals surface area contributed by atoms with Crippen LogP contribution in [0.15, 0.2) is 51.5 Å². The summed E-state index contributed by atoms with van der Waals surface area (Å²) in [5.41, 5.74) is 2.23. The number of nitrogens with zero attached hydrogens (tertiary/aromatic N) is 2. The standard InChI is InChI=1S/C15H14N2O2S/c18-15-13(10-16-12-6-8-20-9-7-12)17-14(19-15)11-4-2-1-3-5-11/h1-6,10,18H,7-9H2. The number of allylic oxidation sites excluding steroid dienone is 1. The second kappa shape index (κ2) is 5.96. The number of benzene rings is 1. The maximum absolute atomic E-state index is 9.78. The summed E-state index contributed by atoms with van der Waals surface area (Å²) in [6, 6.07) is 9.48. The van der Waals surface area contributed by atoms with E-state index in [2.05, 4.69) is 16.1 Å². The maximum Gasteiger partial charge on any atom is 0.312 e. The van der Waals surface area contributed by atoms with E-state index in [0.29, 0.717) is 11.6 Å². The summed E-state index contributed by atoms with van der Waals surface area (Å²) in [5.74, 6) is 2.28. The van der Waals surface area contributed by atoms with Crippen molar-refractivity contribution in [1.82, 2.24) is 4.98 Å². The van der Waals surface area contributed by atoms with Gasteiger partial charge in [0.2, 0.25) is 5.89 Å². The van der Waals surface area contributed by atoms with Crippen molar-refractivity contribution in [2.24, 2.45) is 4.99 Å². The molecule has 2 aromatic rings. The van der Waals surface area contributed by atoms with Crippen LogP contribution < -0.4 is 0 Å². The molecule has 1 aliphatic rings. The van der Waals surface area contributed by atoms with Crippen LogP contribution in [0.3, 0.4) is 0 Å². The molecule has 2 heterocycles. The smallest absolute Gasteiger partial charge is 0.312 e. The number of thioether (sulfide) groups is 1. The summed E-state index contributed by atoms with van der Waals surface area (Å²) in [6.07, 6.45) is 4.61. The summed E-state index contributed by atoms with van der Waals surface area (Å²) in [4.78, 5) is 8.63. The highest BCUT2D eigenvalue weighted by Crippen LogP contribution is 2.25. The van der Waals surface area contributed by atoms with Gasteiger partial charge in [-0.05, 0) is 24.3 Å². The minimum Gasteiger partial charge on any atom is -0.479 e. The number of aliphatic imine (C=N–C) groups is 1. The first-order chi connectivity index (χ1) is 9.83. The van der Waals surface area contributed by atoms with Crippen LogP contribution in [0.1, 0.15) is 12.1 Å². The van der Waals surface area contributed by atoms with Crippen molar-refractivity contribution in [2.75, 3.05) is 11.5 Å². The molecule has 0 saturated heterocycles. The predicted octanol–water partition coefficient (Wildman–Crippen LogP) is 3.49. The van der Waals surface area contributed by atoms with Gasteiger partial charge in [0.05, 0.1) is 6.21 Å². The fraction of sp³-hybridized carbons (Fsp3) is 0.200. The molecule has 0 unspecified atom stereocenters. The minimum atomic E-state index is -0.196. The van der Waals surface area contributed by atoms with Crippen molar-refractivity contribution in [3.05, 3.63) is 47.8 Å². The van der Waals surface area contributed by atoms with Gasteiger partial charge in [0.1, 0.15) is 0 Å². The summed E-state index contributed by atoms with van der Waals surface area (Å²) in [5, 5.41) is 9.78. The van der Waals surface area contributed by atoms with Crippen LogP contribution in [0.5, 0.6) is 5.95 Å². The van der Waals surface area contributed by atoms with E-state index in [-0.39, 0.29) is 5.95 Å². The Morgan fingerprint density at radius 1 is 1.30 bits per heavy atom. The van der Waals surface area contributed by atoms with Crippen LogP contribution in [0.25, 0.3) is 11.5 Å². The van der Waals surface area contributed by atoms with E-state index in [9.17, 15) is 5.11 Å². The molecule has 0 aliphatic carbocycles. The minimum absolute atomic E-state index is 0.196. The second-order valence-electron chi connectivity index (χ2n) is 4.35. The number of rotatable bonds is 3. The highest BCUT2D eigenvalue weighted by molar-refractivity contribution is 7.99. The van der Waals surface area contributed by atoms with E-state index in [4.69, 9.17) is 4.42 Å². The number of aromatic nitrogens is 1. The zero-order valence-corrected chi connectivity index (χ0v) is 11.6. The van der Waals surface area contributed by atoms with E-state index in [1.54, 1.807) is 6.21 Å². The fourth-order valence-electron chi connectivity index (χ4n) is 1.89. The summed E-state index contributed by atoms with van der Waals surface area (Å²) in [7, 11) is 0. The summed E-state index contributed by atoms with van der Waals surface area (Å²) < 4.78 is 5.27. The van der Waals surface area contributed by atoms with Gasteiger partial charge in [0.25, 0.3) is 0 Å². The molecular formula is C15H14N2O2S. The van der Waals surface area contributed by atoms with E-state index in [1.807, 2.05) is 42.1 Å². The average molecular weight is 286 g/mol. The maximum atomic E-state index is 9.78. The average Bonchev–Trinajstić information content (AvgIpc) is 2.88.